The van der Waals surface area contributed by atoms with Gasteiger partial charge in [-0.05, 0) is 78.0 Å². The fourth-order valence-corrected chi connectivity index (χ4v) is 7.02. The Balaban J connectivity index is 1.14. The van der Waals surface area contributed by atoms with Crippen LogP contribution in [0, 0.1) is 0 Å². The van der Waals surface area contributed by atoms with Crippen LogP contribution in [0.1, 0.15) is 52.9 Å². The maximum absolute atomic E-state index is 14.1. The molecule has 2 fully saturated rings. The smallest absolute Gasteiger partial charge is 0.350 e. The highest BCUT2D eigenvalue weighted by Crippen LogP contribution is 2.48. The molecule has 5 heterocycles. The van der Waals surface area contributed by atoms with E-state index in [0.29, 0.717) is 41.4 Å². The number of aromatic nitrogens is 3. The number of halogens is 2. The van der Waals surface area contributed by atoms with Gasteiger partial charge in [0.2, 0.25) is 11.8 Å². The molecule has 218 valence electrons. The Labute approximate surface area is 242 Å². The van der Waals surface area contributed by atoms with Crippen LogP contribution >= 0.6 is 19.4 Å². The number of aromatic amines is 1. The monoisotopic (exact) mass is 615 g/mol. The molecule has 0 saturated carbocycles. The van der Waals surface area contributed by atoms with Gasteiger partial charge in [-0.1, -0.05) is 0 Å². The number of hydrogen-bond donors (Lipinski definition) is 4. The Morgan fingerprint density at radius 2 is 2.00 bits per heavy atom. The summed E-state index contributed by atoms with van der Waals surface area (Å²) in [6, 6.07) is 5.19. The summed E-state index contributed by atoms with van der Waals surface area (Å²) in [5.41, 5.74) is -2.42. The van der Waals surface area contributed by atoms with Gasteiger partial charge in [-0.25, -0.2) is 9.97 Å². The van der Waals surface area contributed by atoms with Crippen LogP contribution in [0.2, 0.25) is 0 Å². The third-order valence-electron chi connectivity index (χ3n) is 7.82. The highest BCUT2D eigenvalue weighted by Gasteiger charge is 2.53. The fourth-order valence-electron chi connectivity index (χ4n) is 5.71. The van der Waals surface area contributed by atoms with Crippen molar-refractivity contribution >= 4 is 58.3 Å². The van der Waals surface area contributed by atoms with Crippen molar-refractivity contribution in [2.45, 2.75) is 62.4 Å². The topological polar surface area (TPSA) is 157 Å². The van der Waals surface area contributed by atoms with E-state index in [4.69, 9.17) is 4.89 Å². The zero-order chi connectivity index (χ0) is 29.6. The number of fused-ring (bicyclic) bond motifs is 3. The first-order valence-electron chi connectivity index (χ1n) is 13.4. The summed E-state index contributed by atoms with van der Waals surface area (Å²) in [5.74, 6) is -1.13. The summed E-state index contributed by atoms with van der Waals surface area (Å²) in [6.07, 6.45) is 6.20. The van der Waals surface area contributed by atoms with Crippen LogP contribution in [0.5, 0.6) is 0 Å². The molecule has 4 N–H and O–H groups in total. The summed E-state index contributed by atoms with van der Waals surface area (Å²) in [7, 11) is -3.77. The van der Waals surface area contributed by atoms with Gasteiger partial charge in [0.15, 0.2) is 5.65 Å². The van der Waals surface area contributed by atoms with Crippen LogP contribution in [0.15, 0.2) is 42.9 Å². The lowest BCUT2D eigenvalue weighted by Crippen LogP contribution is -2.54. The molecule has 2 aliphatic heterocycles. The Morgan fingerprint density at radius 1 is 1.17 bits per heavy atom. The van der Waals surface area contributed by atoms with Crippen molar-refractivity contribution in [1.82, 2.24) is 30.5 Å². The third-order valence-corrected chi connectivity index (χ3v) is 9.67. The van der Waals surface area contributed by atoms with E-state index >= 15 is 0 Å². The number of carbonyl (C=O) groups excluding carboxylic acids is 3. The zero-order valence-electron chi connectivity index (χ0n) is 22.0. The van der Waals surface area contributed by atoms with E-state index in [2.05, 4.69) is 25.6 Å². The Bertz CT molecular complexity index is 1730. The number of benzene rings is 1. The molecule has 4 aromatic rings. The molecule has 2 saturated heterocycles. The van der Waals surface area contributed by atoms with Gasteiger partial charge < -0.3 is 20.5 Å². The number of carbonyl (C=O) groups is 3. The summed E-state index contributed by atoms with van der Waals surface area (Å²) in [5, 5.41) is 6.02. The average Bonchev–Trinajstić information content (AvgIpc) is 3.70. The number of nitrogens with one attached hydrogen (secondary N) is 3. The lowest BCUT2D eigenvalue weighted by Gasteiger charge is -2.30. The van der Waals surface area contributed by atoms with Crippen molar-refractivity contribution in [1.29, 1.82) is 0 Å². The van der Waals surface area contributed by atoms with Crippen molar-refractivity contribution < 1.29 is 32.6 Å². The first-order chi connectivity index (χ1) is 20.1. The fraction of sp³-hybridized carbons (Fsp3) is 0.370. The number of hydrogen-bond acceptors (Lipinski definition) is 7. The molecule has 3 aromatic heterocycles. The van der Waals surface area contributed by atoms with Crippen LogP contribution in [0.4, 0.5) is 8.78 Å². The minimum absolute atomic E-state index is 0.0967. The molecule has 0 radical (unpaired) electrons. The van der Waals surface area contributed by atoms with Crippen LogP contribution in [-0.2, 0) is 26.4 Å². The second-order valence-corrected chi connectivity index (χ2v) is 12.7. The normalized spacial score (nSPS) is 21.3. The minimum Gasteiger partial charge on any atom is -0.350 e. The Morgan fingerprint density at radius 3 is 2.81 bits per heavy atom. The van der Waals surface area contributed by atoms with Gasteiger partial charge in [-0.3, -0.25) is 14.4 Å². The second-order valence-electron chi connectivity index (χ2n) is 10.5. The first kappa shape index (κ1) is 28.3. The molecule has 6 rings (SSSR count). The van der Waals surface area contributed by atoms with Crippen molar-refractivity contribution in [2.24, 2.45) is 0 Å². The molecule has 3 amide bonds. The SMILES string of the molecule is O=C(N[C@H]1CCC[C@H]2CC[C@@H](C(=O)NCc3cnc4nc[nH]c4c3)N2C1=O)c1cc2cc(C(F)(F)[P+](=O)O)ccc2s1. The summed E-state index contributed by atoms with van der Waals surface area (Å²) in [6.45, 7) is 0.235. The lowest BCUT2D eigenvalue weighted by molar-refractivity contribution is -0.141. The summed E-state index contributed by atoms with van der Waals surface area (Å²) in [4.78, 5) is 62.2. The average molecular weight is 616 g/mol. The van der Waals surface area contributed by atoms with Crippen LogP contribution in [-0.4, -0.2) is 60.6 Å². The maximum Gasteiger partial charge on any atom is 0.589 e. The first-order valence-corrected chi connectivity index (χ1v) is 15.4. The van der Waals surface area contributed by atoms with Crippen LogP contribution in [0.25, 0.3) is 21.3 Å². The molecular formula is C27H26F2N6O5PS+. The van der Waals surface area contributed by atoms with Crippen LogP contribution < -0.4 is 10.6 Å². The standard InChI is InChI=1S/C27H25F2N6O5PS/c28-27(29,41(39)40)16-4-7-21-15(9-16)10-22(42-21)25(37)34-18-3-1-2-17-5-6-20(35(17)26(18)38)24(36)31-12-14-8-19-23(30-11-14)33-13-32-19/h4,7-11,13,17-18,20H,1-3,5-6,12H2,(H3-,30,31,32,33,34,36,37,39,40)/p+1/t17-,18-,20-/m0/s1. The van der Waals surface area contributed by atoms with E-state index in [1.807, 2.05) is 6.07 Å². The zero-order valence-corrected chi connectivity index (χ0v) is 23.8. The van der Waals surface area contributed by atoms with E-state index in [1.54, 1.807) is 17.4 Å². The Kier molecular flexibility index (Phi) is 7.46. The van der Waals surface area contributed by atoms with Gasteiger partial charge in [0, 0.05) is 23.5 Å². The molecule has 2 aliphatic rings. The van der Waals surface area contributed by atoms with E-state index in [1.165, 1.54) is 12.1 Å². The van der Waals surface area contributed by atoms with Gasteiger partial charge in [-0.2, -0.15) is 4.89 Å². The van der Waals surface area contributed by atoms with Gasteiger partial charge in [0.1, 0.15) is 12.1 Å². The Hall–Kier alpha value is -3.87. The van der Waals surface area contributed by atoms with Gasteiger partial charge in [0.05, 0.1) is 22.3 Å². The molecule has 0 aliphatic carbocycles. The number of rotatable bonds is 7. The predicted octanol–water partition coefficient (Wildman–Crippen LogP) is 3.91. The highest BCUT2D eigenvalue weighted by atomic mass is 32.1. The maximum atomic E-state index is 14.1. The van der Waals surface area contributed by atoms with Crippen molar-refractivity contribution in [3.8, 4) is 0 Å². The molecule has 0 spiro atoms. The highest BCUT2D eigenvalue weighted by molar-refractivity contribution is 7.39. The number of alkyl halides is 2. The van der Waals surface area contributed by atoms with Gasteiger partial charge in [0.25, 0.3) is 5.91 Å². The molecular weight excluding hydrogens is 589 g/mol. The number of imidazole rings is 1. The molecule has 15 heteroatoms. The molecule has 42 heavy (non-hydrogen) atoms. The van der Waals surface area contributed by atoms with Crippen molar-refractivity contribution in [3.63, 3.8) is 0 Å². The van der Waals surface area contributed by atoms with E-state index in [9.17, 15) is 27.7 Å². The summed E-state index contributed by atoms with van der Waals surface area (Å²) >= 11 is 1.07. The lowest BCUT2D eigenvalue weighted by atomic mass is 10.1. The quantitative estimate of drug-likeness (QED) is 0.230. The molecule has 1 unspecified atom stereocenters. The van der Waals surface area contributed by atoms with Gasteiger partial charge in [-0.15, -0.1) is 20.1 Å². The van der Waals surface area contributed by atoms with E-state index < -0.39 is 37.2 Å². The number of thiophene rings is 1. The summed E-state index contributed by atoms with van der Waals surface area (Å²) < 4.78 is 39.7. The molecule has 4 atom stereocenters. The minimum atomic E-state index is -3.92. The number of pyridine rings is 1. The van der Waals surface area contributed by atoms with Crippen molar-refractivity contribution in [2.75, 3.05) is 0 Å². The van der Waals surface area contributed by atoms with E-state index in [0.717, 1.165) is 41.0 Å². The van der Waals surface area contributed by atoms with Crippen LogP contribution in [0.3, 0.4) is 0 Å². The molecule has 1 aromatic carbocycles. The number of amides is 3. The second kappa shape index (κ2) is 11.1. The van der Waals surface area contributed by atoms with Gasteiger partial charge >= 0.3 is 13.7 Å². The van der Waals surface area contributed by atoms with Crippen molar-refractivity contribution in [3.05, 3.63) is 58.9 Å². The molecule has 0 bridgehead atoms. The third kappa shape index (κ3) is 5.25. The number of H-pyrrole nitrogens is 1. The predicted molar refractivity (Wildman–Crippen MR) is 150 cm³/mol. The number of nitrogens with zero attached hydrogens (tertiary/aromatic N) is 3. The molecule has 11 nitrogen and oxygen atoms in total. The van der Waals surface area contributed by atoms with E-state index in [-0.39, 0.29) is 29.3 Å². The largest absolute Gasteiger partial charge is 0.589 e.